The summed E-state index contributed by atoms with van der Waals surface area (Å²) in [7, 11) is 6.00. The van der Waals surface area contributed by atoms with Gasteiger partial charge < -0.3 is 14.8 Å². The third-order valence-corrected chi connectivity index (χ3v) is 4.10. The van der Waals surface area contributed by atoms with E-state index in [-0.39, 0.29) is 11.9 Å². The predicted molar refractivity (Wildman–Crippen MR) is 98.9 cm³/mol. The number of nitrogens with one attached hydrogen (secondary N) is 1. The molecule has 25 heavy (non-hydrogen) atoms. The smallest absolute Gasteiger partial charge is 0.135 e. The fraction of sp³-hybridized carbons (Fsp3) is 0.250. The second-order valence-electron chi connectivity index (χ2n) is 6.43. The van der Waals surface area contributed by atoms with Crippen LogP contribution in [0.3, 0.4) is 0 Å². The Morgan fingerprint density at radius 1 is 1.12 bits per heavy atom. The van der Waals surface area contributed by atoms with E-state index in [1.807, 2.05) is 50.1 Å². The van der Waals surface area contributed by atoms with Gasteiger partial charge in [-0.1, -0.05) is 30.3 Å². The van der Waals surface area contributed by atoms with Gasteiger partial charge in [0.15, 0.2) is 0 Å². The molecule has 0 spiro atoms. The molecule has 0 aliphatic rings. The van der Waals surface area contributed by atoms with E-state index >= 15 is 0 Å². The molecule has 0 aliphatic carbocycles. The van der Waals surface area contributed by atoms with Crippen LogP contribution in [0, 0.1) is 5.82 Å². The normalized spacial score (nSPS) is 12.4. The van der Waals surface area contributed by atoms with Gasteiger partial charge in [0.05, 0.1) is 0 Å². The molecule has 0 amide bonds. The van der Waals surface area contributed by atoms with Gasteiger partial charge in [-0.25, -0.2) is 9.37 Å². The lowest BCUT2D eigenvalue weighted by Gasteiger charge is -2.21. The van der Waals surface area contributed by atoms with Crippen molar-refractivity contribution in [1.82, 2.24) is 14.5 Å². The van der Waals surface area contributed by atoms with Crippen LogP contribution in [0.1, 0.15) is 23.0 Å². The Labute approximate surface area is 147 Å². The number of hydrogen-bond acceptors (Lipinski definition) is 3. The van der Waals surface area contributed by atoms with Gasteiger partial charge >= 0.3 is 0 Å². The highest BCUT2D eigenvalue weighted by Gasteiger charge is 2.21. The largest absolute Gasteiger partial charge is 0.371 e. The molecule has 130 valence electrons. The molecule has 0 aliphatic heterocycles. The van der Waals surface area contributed by atoms with Gasteiger partial charge in [-0.3, -0.25) is 0 Å². The topological polar surface area (TPSA) is 33.1 Å². The Kier molecular flexibility index (Phi) is 5.14. The van der Waals surface area contributed by atoms with Gasteiger partial charge in [0.2, 0.25) is 0 Å². The number of imidazole rings is 1. The molecule has 1 aromatic heterocycles. The third kappa shape index (κ3) is 4.06. The summed E-state index contributed by atoms with van der Waals surface area (Å²) in [5, 5.41) is 3.42. The number of nitrogens with zero attached hydrogens (tertiary/aromatic N) is 3. The first-order chi connectivity index (χ1) is 12.0. The van der Waals surface area contributed by atoms with E-state index in [1.54, 1.807) is 18.3 Å². The molecule has 2 aromatic carbocycles. The van der Waals surface area contributed by atoms with E-state index in [0.29, 0.717) is 5.56 Å². The Balaban J connectivity index is 1.91. The maximum absolute atomic E-state index is 14.4. The van der Waals surface area contributed by atoms with Crippen LogP contribution in [-0.4, -0.2) is 28.5 Å². The van der Waals surface area contributed by atoms with Crippen molar-refractivity contribution in [2.45, 2.75) is 12.6 Å². The van der Waals surface area contributed by atoms with Crippen molar-refractivity contribution in [3.8, 4) is 0 Å². The number of halogens is 1. The molecule has 3 rings (SSSR count). The molecule has 0 radical (unpaired) electrons. The highest BCUT2D eigenvalue weighted by molar-refractivity contribution is 5.49. The van der Waals surface area contributed by atoms with Crippen molar-refractivity contribution in [3.05, 3.63) is 83.7 Å². The molecule has 0 bridgehead atoms. The number of aromatic nitrogens is 2. The second-order valence-corrected chi connectivity index (χ2v) is 6.43. The maximum atomic E-state index is 14.4. The van der Waals surface area contributed by atoms with E-state index < -0.39 is 0 Å². The van der Waals surface area contributed by atoms with Crippen molar-refractivity contribution in [3.63, 3.8) is 0 Å². The number of rotatable bonds is 6. The zero-order valence-corrected chi connectivity index (χ0v) is 14.8. The minimum absolute atomic E-state index is 0.243. The fourth-order valence-electron chi connectivity index (χ4n) is 2.88. The zero-order valence-electron chi connectivity index (χ0n) is 14.8. The summed E-state index contributed by atoms with van der Waals surface area (Å²) >= 11 is 0. The fourth-order valence-corrected chi connectivity index (χ4v) is 2.88. The van der Waals surface area contributed by atoms with Gasteiger partial charge in [-0.05, 0) is 37.9 Å². The highest BCUT2D eigenvalue weighted by Crippen LogP contribution is 2.27. The number of benzene rings is 2. The van der Waals surface area contributed by atoms with Gasteiger partial charge in [-0.2, -0.15) is 0 Å². The summed E-state index contributed by atoms with van der Waals surface area (Å²) < 4.78 is 16.3. The van der Waals surface area contributed by atoms with E-state index in [4.69, 9.17) is 0 Å². The predicted octanol–water partition coefficient (Wildman–Crippen LogP) is 3.82. The lowest BCUT2D eigenvalue weighted by atomic mass is 10.0. The van der Waals surface area contributed by atoms with Crippen molar-refractivity contribution in [1.29, 1.82) is 0 Å². The molecule has 4 nitrogen and oxygen atoms in total. The summed E-state index contributed by atoms with van der Waals surface area (Å²) in [4.78, 5) is 6.54. The van der Waals surface area contributed by atoms with Crippen molar-refractivity contribution in [2.24, 2.45) is 7.05 Å². The minimum Gasteiger partial charge on any atom is -0.371 e. The van der Waals surface area contributed by atoms with Crippen LogP contribution >= 0.6 is 0 Å². The van der Waals surface area contributed by atoms with E-state index in [2.05, 4.69) is 27.3 Å². The van der Waals surface area contributed by atoms with E-state index in [0.717, 1.165) is 18.1 Å². The molecule has 1 N–H and O–H groups in total. The lowest BCUT2D eigenvalue weighted by Crippen LogP contribution is -2.18. The molecule has 0 saturated heterocycles. The molecule has 3 aromatic rings. The molecule has 0 saturated carbocycles. The highest BCUT2D eigenvalue weighted by atomic mass is 19.1. The zero-order chi connectivity index (χ0) is 17.8. The van der Waals surface area contributed by atoms with E-state index in [1.165, 1.54) is 11.6 Å². The Morgan fingerprint density at radius 3 is 2.44 bits per heavy atom. The second kappa shape index (κ2) is 7.49. The van der Waals surface area contributed by atoms with Gasteiger partial charge in [0.25, 0.3) is 0 Å². The minimum atomic E-state index is -0.360. The van der Waals surface area contributed by atoms with Crippen molar-refractivity contribution < 1.29 is 4.39 Å². The van der Waals surface area contributed by atoms with Crippen LogP contribution in [-0.2, 0) is 13.6 Å². The average Bonchev–Trinajstić information content (AvgIpc) is 3.00. The van der Waals surface area contributed by atoms with E-state index in [9.17, 15) is 4.39 Å². The summed E-state index contributed by atoms with van der Waals surface area (Å²) in [5.41, 5.74) is 2.74. The number of hydrogen-bond donors (Lipinski definition) is 1. The molecule has 1 heterocycles. The van der Waals surface area contributed by atoms with Crippen LogP contribution in [0.15, 0.2) is 60.9 Å². The van der Waals surface area contributed by atoms with Crippen molar-refractivity contribution >= 4 is 5.69 Å². The first-order valence-electron chi connectivity index (χ1n) is 8.26. The summed E-state index contributed by atoms with van der Waals surface area (Å²) in [6, 6.07) is 14.7. The molecule has 5 heteroatoms. The van der Waals surface area contributed by atoms with Gasteiger partial charge in [0.1, 0.15) is 17.7 Å². The lowest BCUT2D eigenvalue weighted by molar-refractivity contribution is 0.402. The monoisotopic (exact) mass is 338 g/mol. The summed E-state index contributed by atoms with van der Waals surface area (Å²) in [5.74, 6) is 0.523. The summed E-state index contributed by atoms with van der Waals surface area (Å²) in [6.07, 6.45) is 3.59. The van der Waals surface area contributed by atoms with Crippen LogP contribution < -0.4 is 5.32 Å². The van der Waals surface area contributed by atoms with Crippen LogP contribution in [0.4, 0.5) is 10.1 Å². The first-order valence-corrected chi connectivity index (χ1v) is 8.26. The summed E-state index contributed by atoms with van der Waals surface area (Å²) in [6.45, 7) is 0.885. The van der Waals surface area contributed by atoms with Gasteiger partial charge in [0, 0.05) is 37.2 Å². The Bertz CT molecular complexity index is 824. The van der Waals surface area contributed by atoms with Crippen molar-refractivity contribution in [2.75, 3.05) is 19.4 Å². The maximum Gasteiger partial charge on any atom is 0.135 e. The number of anilines is 1. The van der Waals surface area contributed by atoms with Crippen LogP contribution in [0.5, 0.6) is 0 Å². The molecule has 1 atom stereocenters. The third-order valence-electron chi connectivity index (χ3n) is 4.10. The standard InChI is InChI=1S/C20H23FN4/c1-24(2)14-15-8-10-16(11-9-15)23-19(20-22-12-13-25(20)3)17-6-4-5-7-18(17)21/h4-13,19,23H,14H2,1-3H3. The Morgan fingerprint density at radius 2 is 1.84 bits per heavy atom. The molecular formula is C20H23FN4. The molecule has 0 fully saturated rings. The van der Waals surface area contributed by atoms with Crippen LogP contribution in [0.25, 0.3) is 0 Å². The molecular weight excluding hydrogens is 315 g/mol. The first kappa shape index (κ1) is 17.2. The Hall–Kier alpha value is -2.66. The van der Waals surface area contributed by atoms with Crippen LogP contribution in [0.2, 0.25) is 0 Å². The SMILES string of the molecule is CN(C)Cc1ccc(NC(c2ccccc2F)c2nccn2C)cc1. The molecule has 1 unspecified atom stereocenters. The average molecular weight is 338 g/mol. The van der Waals surface area contributed by atoms with Gasteiger partial charge in [-0.15, -0.1) is 0 Å². The quantitative estimate of drug-likeness (QED) is 0.742. The number of aryl methyl sites for hydroxylation is 1.